The van der Waals surface area contributed by atoms with Gasteiger partial charge < -0.3 is 14.2 Å². The lowest BCUT2D eigenvalue weighted by Crippen LogP contribution is -2.76. The number of esters is 2. The number of carbonyl (C=O) groups is 2. The Kier molecular flexibility index (Phi) is 3.91. The molecular weight excluding hydrogens is 382 g/mol. The number of nitrogens with zero attached hydrogens (tertiary/aromatic N) is 1. The minimum Gasteiger partial charge on any atom is -0.462 e. The third-order valence-electron chi connectivity index (χ3n) is 10.5. The number of rotatable bonds is 3. The molecule has 1 spiro atoms. The van der Waals surface area contributed by atoms with Crippen molar-refractivity contribution in [2.24, 2.45) is 34.5 Å². The summed E-state index contributed by atoms with van der Waals surface area (Å²) in [5, 5.41) is 0. The standard InChI is InChI=1S/C24H35NO5/c1-5-25-12-22(3)8-7-18(28-4)24-15-10-14-6-9-23(30-13(2)26,19(15)21(27)29-14)16(20(24)25)11-17(22)24/h14-20H,5-12H2,1-4H3/t14-,15-,16+,17-,18+,19-,20?,22+,23-,24?/m1/s1. The predicted octanol–water partition coefficient (Wildman–Crippen LogP) is 2.79. The van der Waals surface area contributed by atoms with Gasteiger partial charge in [0.2, 0.25) is 0 Å². The Morgan fingerprint density at radius 2 is 2.03 bits per heavy atom. The molecule has 0 N–H and O–H groups in total. The molecular formula is C24H35NO5. The average molecular weight is 418 g/mol. The lowest BCUT2D eigenvalue weighted by molar-refractivity contribution is -0.271. The molecule has 4 aliphatic carbocycles. The molecule has 0 aromatic carbocycles. The van der Waals surface area contributed by atoms with Crippen LogP contribution in [0.2, 0.25) is 0 Å². The molecule has 3 aliphatic heterocycles. The quantitative estimate of drug-likeness (QED) is 0.658. The molecule has 3 saturated heterocycles. The maximum atomic E-state index is 13.4. The Hall–Kier alpha value is -1.14. The number of carbonyl (C=O) groups excluding carboxylic acids is 2. The summed E-state index contributed by atoms with van der Waals surface area (Å²) in [6, 6.07) is 0.316. The van der Waals surface area contributed by atoms with Crippen molar-refractivity contribution in [3.05, 3.63) is 0 Å². The molecule has 0 aromatic heterocycles. The maximum Gasteiger partial charge on any atom is 0.313 e. The molecule has 0 aromatic rings. The van der Waals surface area contributed by atoms with E-state index in [-0.39, 0.29) is 52.7 Å². The van der Waals surface area contributed by atoms with Gasteiger partial charge in [-0.15, -0.1) is 0 Å². The number of fused-ring (bicyclic) bond motifs is 2. The largest absolute Gasteiger partial charge is 0.462 e. The van der Waals surface area contributed by atoms with Crippen LogP contribution in [0.1, 0.15) is 59.3 Å². The first-order valence-electron chi connectivity index (χ1n) is 12.0. The van der Waals surface area contributed by atoms with Crippen LogP contribution >= 0.6 is 0 Å². The minimum absolute atomic E-state index is 0.0446. The second-order valence-corrected chi connectivity index (χ2v) is 11.3. The van der Waals surface area contributed by atoms with Crippen LogP contribution < -0.4 is 0 Å². The summed E-state index contributed by atoms with van der Waals surface area (Å²) in [6.45, 7) is 8.33. The predicted molar refractivity (Wildman–Crippen MR) is 108 cm³/mol. The summed E-state index contributed by atoms with van der Waals surface area (Å²) in [5.41, 5.74) is -0.538. The first kappa shape index (κ1) is 19.5. The molecule has 10 atom stereocenters. The van der Waals surface area contributed by atoms with E-state index in [9.17, 15) is 9.59 Å². The van der Waals surface area contributed by atoms with Crippen molar-refractivity contribution < 1.29 is 23.8 Å². The Morgan fingerprint density at radius 3 is 2.73 bits per heavy atom. The maximum absolute atomic E-state index is 13.4. The first-order chi connectivity index (χ1) is 14.3. The summed E-state index contributed by atoms with van der Waals surface area (Å²) in [6.07, 6.45) is 5.83. The summed E-state index contributed by atoms with van der Waals surface area (Å²) in [7, 11) is 1.86. The van der Waals surface area contributed by atoms with Gasteiger partial charge in [-0.05, 0) is 62.3 Å². The van der Waals surface area contributed by atoms with Gasteiger partial charge in [-0.25, -0.2) is 0 Å². The van der Waals surface area contributed by atoms with E-state index >= 15 is 0 Å². The van der Waals surface area contributed by atoms with Crippen molar-refractivity contribution in [2.75, 3.05) is 20.2 Å². The lowest BCUT2D eigenvalue weighted by Gasteiger charge is -2.69. The van der Waals surface area contributed by atoms with E-state index in [1.165, 1.54) is 13.3 Å². The van der Waals surface area contributed by atoms with Gasteiger partial charge in [0.1, 0.15) is 17.6 Å². The first-order valence-corrected chi connectivity index (χ1v) is 12.0. The van der Waals surface area contributed by atoms with Crippen LogP contribution in [0, 0.1) is 34.5 Å². The molecule has 6 heteroatoms. The fourth-order valence-corrected chi connectivity index (χ4v) is 9.96. The van der Waals surface area contributed by atoms with Gasteiger partial charge in [0.05, 0.1) is 6.10 Å². The number of hydrogen-bond donors (Lipinski definition) is 0. The number of methoxy groups -OCH3 is 1. The third-order valence-corrected chi connectivity index (χ3v) is 10.5. The molecule has 9 bridgehead atoms. The molecule has 7 aliphatic rings. The van der Waals surface area contributed by atoms with E-state index in [1.807, 2.05) is 7.11 Å². The number of piperidine rings is 1. The Labute approximate surface area is 179 Å². The van der Waals surface area contributed by atoms with Gasteiger partial charge in [0.25, 0.3) is 0 Å². The number of ether oxygens (including phenoxy) is 3. The Morgan fingerprint density at radius 1 is 1.23 bits per heavy atom. The minimum atomic E-state index is -0.719. The highest BCUT2D eigenvalue weighted by atomic mass is 16.6. The molecule has 7 fully saturated rings. The Bertz CT molecular complexity index is 800. The summed E-state index contributed by atoms with van der Waals surface area (Å²) >= 11 is 0. The van der Waals surface area contributed by atoms with Crippen molar-refractivity contribution >= 4 is 11.9 Å². The molecule has 6 nitrogen and oxygen atoms in total. The molecule has 30 heavy (non-hydrogen) atoms. The SMILES string of the molecule is CCN1C[C@]2(C)CC[C@H](OC)C34C1[C@H](C[C@@H]32)[C@]1(OC(C)=O)CC[C@@H]2C[C@@H]4[C@@H]1C(=O)O2. The van der Waals surface area contributed by atoms with E-state index in [0.29, 0.717) is 12.0 Å². The summed E-state index contributed by atoms with van der Waals surface area (Å²) < 4.78 is 18.5. The highest BCUT2D eigenvalue weighted by Crippen LogP contribution is 2.77. The lowest BCUT2D eigenvalue weighted by atomic mass is 9.42. The summed E-state index contributed by atoms with van der Waals surface area (Å²) in [5.74, 6) is 0.126. The van der Waals surface area contributed by atoms with Gasteiger partial charge in [0.15, 0.2) is 0 Å². The number of likely N-dealkylation sites (tertiary alicyclic amines) is 1. The summed E-state index contributed by atoms with van der Waals surface area (Å²) in [4.78, 5) is 28.5. The van der Waals surface area contributed by atoms with Gasteiger partial charge in [0, 0.05) is 38.0 Å². The normalized spacial score (nSPS) is 55.7. The third kappa shape index (κ3) is 2.00. The monoisotopic (exact) mass is 417 g/mol. The van der Waals surface area contributed by atoms with E-state index in [0.717, 1.165) is 45.2 Å². The Balaban J connectivity index is 1.63. The fraction of sp³-hybridized carbons (Fsp3) is 0.917. The zero-order valence-corrected chi connectivity index (χ0v) is 18.7. The van der Waals surface area contributed by atoms with Gasteiger partial charge in [-0.3, -0.25) is 14.5 Å². The van der Waals surface area contributed by atoms with Gasteiger partial charge in [-0.2, -0.15) is 0 Å². The zero-order chi connectivity index (χ0) is 21.1. The molecule has 166 valence electrons. The van der Waals surface area contributed by atoms with Crippen LogP contribution in [0.5, 0.6) is 0 Å². The average Bonchev–Trinajstić information content (AvgIpc) is 2.75. The topological polar surface area (TPSA) is 65.1 Å². The molecule has 0 amide bonds. The van der Waals surface area contributed by atoms with E-state index in [4.69, 9.17) is 14.2 Å². The van der Waals surface area contributed by atoms with Crippen LogP contribution in [0.3, 0.4) is 0 Å². The highest BCUT2D eigenvalue weighted by Gasteiger charge is 2.82. The molecule has 7 rings (SSSR count). The van der Waals surface area contributed by atoms with Crippen molar-refractivity contribution in [1.29, 1.82) is 0 Å². The van der Waals surface area contributed by atoms with Gasteiger partial charge >= 0.3 is 11.9 Å². The van der Waals surface area contributed by atoms with Crippen molar-refractivity contribution in [1.82, 2.24) is 4.90 Å². The van der Waals surface area contributed by atoms with E-state index in [1.54, 1.807) is 0 Å². The van der Waals surface area contributed by atoms with Crippen LogP contribution in [0.15, 0.2) is 0 Å². The van der Waals surface area contributed by atoms with Gasteiger partial charge in [-0.1, -0.05) is 13.8 Å². The second-order valence-electron chi connectivity index (χ2n) is 11.3. The van der Waals surface area contributed by atoms with Crippen LogP contribution in [0.25, 0.3) is 0 Å². The zero-order valence-electron chi connectivity index (χ0n) is 18.7. The van der Waals surface area contributed by atoms with Crippen LogP contribution in [-0.2, 0) is 23.8 Å². The molecule has 0 radical (unpaired) electrons. The molecule has 3 heterocycles. The molecule has 2 unspecified atom stereocenters. The smallest absolute Gasteiger partial charge is 0.313 e. The fourth-order valence-electron chi connectivity index (χ4n) is 9.96. The van der Waals surface area contributed by atoms with Crippen molar-refractivity contribution in [2.45, 2.75) is 83.1 Å². The van der Waals surface area contributed by atoms with Crippen LogP contribution in [-0.4, -0.2) is 60.9 Å². The van der Waals surface area contributed by atoms with Crippen LogP contribution in [0.4, 0.5) is 0 Å². The molecule has 4 saturated carbocycles. The van der Waals surface area contributed by atoms with E-state index < -0.39 is 5.60 Å². The number of hydrogen-bond acceptors (Lipinski definition) is 6. The highest BCUT2D eigenvalue weighted by molar-refractivity contribution is 5.78. The van der Waals surface area contributed by atoms with Crippen molar-refractivity contribution in [3.63, 3.8) is 0 Å². The van der Waals surface area contributed by atoms with E-state index in [2.05, 4.69) is 18.7 Å². The van der Waals surface area contributed by atoms with Crippen molar-refractivity contribution in [3.8, 4) is 0 Å². The second kappa shape index (κ2) is 6.00.